The minimum atomic E-state index is -0.260. The fraction of sp³-hybridized carbons (Fsp3) is 0.0909. The number of nitrogens with zero attached hydrogens (tertiary/aromatic N) is 2. The molecule has 0 bridgehead atoms. The molecular weight excluding hydrogens is 287 g/mol. The lowest BCUT2D eigenvalue weighted by Crippen LogP contribution is -2.04. The van der Waals surface area contributed by atoms with E-state index in [2.05, 4.69) is 31.2 Å². The van der Waals surface area contributed by atoms with Crippen molar-refractivity contribution < 1.29 is 4.39 Å². The van der Waals surface area contributed by atoms with E-state index in [4.69, 9.17) is 5.73 Å². The first-order valence-corrected chi connectivity index (χ1v) is 5.70. The Labute approximate surface area is 106 Å². The average Bonchev–Trinajstić information content (AvgIpc) is 2.32. The highest BCUT2D eigenvalue weighted by Crippen LogP contribution is 2.16. The number of aromatic nitrogens is 2. The molecule has 0 fully saturated rings. The highest BCUT2D eigenvalue weighted by molar-refractivity contribution is 9.10. The van der Waals surface area contributed by atoms with Crippen LogP contribution in [0.15, 0.2) is 35.1 Å². The van der Waals surface area contributed by atoms with E-state index in [0.29, 0.717) is 23.7 Å². The molecule has 0 amide bonds. The molecule has 17 heavy (non-hydrogen) atoms. The number of nitrogen functional groups attached to an aromatic ring is 1. The summed E-state index contributed by atoms with van der Waals surface area (Å²) in [6.07, 6.45) is 2.95. The molecule has 0 saturated carbocycles. The van der Waals surface area contributed by atoms with Crippen LogP contribution in [0.4, 0.5) is 16.0 Å². The zero-order valence-corrected chi connectivity index (χ0v) is 10.4. The maximum atomic E-state index is 13.4. The van der Waals surface area contributed by atoms with Crippen LogP contribution in [0, 0.1) is 5.82 Å². The minimum Gasteiger partial charge on any atom is -0.382 e. The quantitative estimate of drug-likeness (QED) is 0.914. The second-order valence-electron chi connectivity index (χ2n) is 3.42. The smallest absolute Gasteiger partial charge is 0.144 e. The predicted molar refractivity (Wildman–Crippen MR) is 67.9 cm³/mol. The number of halogens is 2. The van der Waals surface area contributed by atoms with Crippen molar-refractivity contribution in [3.05, 3.63) is 46.4 Å². The van der Waals surface area contributed by atoms with Crippen molar-refractivity contribution in [2.45, 2.75) is 6.54 Å². The maximum absolute atomic E-state index is 13.4. The summed E-state index contributed by atoms with van der Waals surface area (Å²) in [7, 11) is 0. The van der Waals surface area contributed by atoms with Crippen LogP contribution in [0.3, 0.4) is 0 Å². The van der Waals surface area contributed by atoms with Crippen LogP contribution in [0.1, 0.15) is 5.56 Å². The zero-order valence-electron chi connectivity index (χ0n) is 8.82. The van der Waals surface area contributed by atoms with Crippen molar-refractivity contribution in [1.82, 2.24) is 9.97 Å². The molecule has 0 aliphatic carbocycles. The number of anilines is 2. The Hall–Kier alpha value is -1.69. The van der Waals surface area contributed by atoms with E-state index in [9.17, 15) is 4.39 Å². The van der Waals surface area contributed by atoms with E-state index < -0.39 is 0 Å². The topological polar surface area (TPSA) is 63.8 Å². The molecule has 2 rings (SSSR count). The van der Waals surface area contributed by atoms with Gasteiger partial charge in [0.2, 0.25) is 0 Å². The van der Waals surface area contributed by atoms with Crippen molar-refractivity contribution in [2.24, 2.45) is 0 Å². The Morgan fingerprint density at radius 1 is 1.29 bits per heavy atom. The summed E-state index contributed by atoms with van der Waals surface area (Å²) in [4.78, 5) is 7.89. The molecule has 0 atom stereocenters. The molecule has 3 N–H and O–H groups in total. The predicted octanol–water partition coefficient (Wildman–Crippen LogP) is 2.57. The van der Waals surface area contributed by atoms with E-state index in [-0.39, 0.29) is 5.82 Å². The van der Waals surface area contributed by atoms with Crippen molar-refractivity contribution in [3.63, 3.8) is 0 Å². The normalized spacial score (nSPS) is 10.2. The number of nitrogens with two attached hydrogens (primary N) is 1. The van der Waals surface area contributed by atoms with Crippen LogP contribution in [0.2, 0.25) is 0 Å². The van der Waals surface area contributed by atoms with Gasteiger partial charge in [0, 0.05) is 16.6 Å². The van der Waals surface area contributed by atoms with Gasteiger partial charge in [0.15, 0.2) is 0 Å². The van der Waals surface area contributed by atoms with Gasteiger partial charge in [0.1, 0.15) is 17.5 Å². The Morgan fingerprint density at radius 2 is 2.12 bits per heavy atom. The molecule has 1 heterocycles. The van der Waals surface area contributed by atoms with Gasteiger partial charge in [-0.3, -0.25) is 0 Å². The third kappa shape index (κ3) is 3.13. The van der Waals surface area contributed by atoms with Crippen LogP contribution in [-0.4, -0.2) is 9.97 Å². The van der Waals surface area contributed by atoms with Gasteiger partial charge in [-0.15, -0.1) is 0 Å². The summed E-state index contributed by atoms with van der Waals surface area (Å²) in [5.74, 6) is 0.645. The Balaban J connectivity index is 2.07. The lowest BCUT2D eigenvalue weighted by atomic mass is 10.2. The molecule has 0 aliphatic heterocycles. The molecule has 4 nitrogen and oxygen atoms in total. The molecule has 0 spiro atoms. The fourth-order valence-corrected chi connectivity index (χ4v) is 1.70. The minimum absolute atomic E-state index is 0.260. The highest BCUT2D eigenvalue weighted by atomic mass is 79.9. The largest absolute Gasteiger partial charge is 0.382 e. The third-order valence-corrected chi connectivity index (χ3v) is 2.63. The van der Waals surface area contributed by atoms with E-state index in [0.717, 1.165) is 4.47 Å². The number of hydrogen-bond donors (Lipinski definition) is 2. The Bertz CT molecular complexity index is 515. The maximum Gasteiger partial charge on any atom is 0.144 e. The van der Waals surface area contributed by atoms with Crippen molar-refractivity contribution in [1.29, 1.82) is 0 Å². The number of rotatable bonds is 3. The van der Waals surface area contributed by atoms with Gasteiger partial charge in [-0.25, -0.2) is 14.4 Å². The first kappa shape index (κ1) is 11.8. The van der Waals surface area contributed by atoms with Gasteiger partial charge in [-0.05, 0) is 18.2 Å². The summed E-state index contributed by atoms with van der Waals surface area (Å²) in [5, 5.41) is 2.97. The molecule has 1 aromatic heterocycles. The van der Waals surface area contributed by atoms with Gasteiger partial charge < -0.3 is 11.1 Å². The SMILES string of the molecule is Nc1cnc(NCc2cc(Br)ccc2F)cn1. The summed E-state index contributed by atoms with van der Waals surface area (Å²) < 4.78 is 14.3. The van der Waals surface area contributed by atoms with Crippen LogP contribution >= 0.6 is 15.9 Å². The van der Waals surface area contributed by atoms with Crippen LogP contribution in [0.5, 0.6) is 0 Å². The lowest BCUT2D eigenvalue weighted by molar-refractivity contribution is 0.612. The highest BCUT2D eigenvalue weighted by Gasteiger charge is 2.03. The Morgan fingerprint density at radius 3 is 2.82 bits per heavy atom. The molecular formula is C11H10BrFN4. The van der Waals surface area contributed by atoms with Crippen LogP contribution in [0.25, 0.3) is 0 Å². The fourth-order valence-electron chi connectivity index (χ4n) is 1.29. The summed E-state index contributed by atoms with van der Waals surface area (Å²) in [6, 6.07) is 4.78. The Kier molecular flexibility index (Phi) is 3.53. The molecule has 0 unspecified atom stereocenters. The van der Waals surface area contributed by atoms with Gasteiger partial charge in [-0.2, -0.15) is 0 Å². The third-order valence-electron chi connectivity index (χ3n) is 2.14. The van der Waals surface area contributed by atoms with E-state index in [1.54, 1.807) is 12.1 Å². The van der Waals surface area contributed by atoms with E-state index in [1.807, 2.05) is 0 Å². The number of benzene rings is 1. The van der Waals surface area contributed by atoms with E-state index >= 15 is 0 Å². The molecule has 1 aromatic carbocycles. The molecule has 88 valence electrons. The molecule has 0 aliphatic rings. The molecule has 0 radical (unpaired) electrons. The standard InChI is InChI=1S/C11H10BrFN4/c12-8-1-2-9(13)7(3-8)4-16-11-6-15-10(14)5-17-11/h1-3,5-6H,4H2,(H2,14,15)(H,16,17). The van der Waals surface area contributed by atoms with Crippen LogP contribution < -0.4 is 11.1 Å². The van der Waals surface area contributed by atoms with Gasteiger partial charge >= 0.3 is 0 Å². The van der Waals surface area contributed by atoms with Crippen LogP contribution in [-0.2, 0) is 6.54 Å². The first-order chi connectivity index (χ1) is 8.15. The second kappa shape index (κ2) is 5.09. The van der Waals surface area contributed by atoms with Crippen molar-refractivity contribution >= 4 is 27.6 Å². The monoisotopic (exact) mass is 296 g/mol. The molecule has 6 heteroatoms. The number of nitrogens with one attached hydrogen (secondary N) is 1. The summed E-state index contributed by atoms with van der Waals surface area (Å²) >= 11 is 3.29. The van der Waals surface area contributed by atoms with Gasteiger partial charge in [0.25, 0.3) is 0 Å². The van der Waals surface area contributed by atoms with Gasteiger partial charge in [0.05, 0.1) is 12.4 Å². The average molecular weight is 297 g/mol. The summed E-state index contributed by atoms with van der Waals surface area (Å²) in [5.41, 5.74) is 5.96. The number of hydrogen-bond acceptors (Lipinski definition) is 4. The lowest BCUT2D eigenvalue weighted by Gasteiger charge is -2.06. The summed E-state index contributed by atoms with van der Waals surface area (Å²) in [6.45, 7) is 0.337. The van der Waals surface area contributed by atoms with Crippen molar-refractivity contribution in [3.8, 4) is 0 Å². The first-order valence-electron chi connectivity index (χ1n) is 4.90. The zero-order chi connectivity index (χ0) is 12.3. The van der Waals surface area contributed by atoms with Crippen molar-refractivity contribution in [2.75, 3.05) is 11.1 Å². The van der Waals surface area contributed by atoms with Gasteiger partial charge in [-0.1, -0.05) is 15.9 Å². The second-order valence-corrected chi connectivity index (χ2v) is 4.33. The molecule has 0 saturated heterocycles. The molecule has 2 aromatic rings. The van der Waals surface area contributed by atoms with E-state index in [1.165, 1.54) is 18.5 Å².